The van der Waals surface area contributed by atoms with Crippen molar-refractivity contribution in [3.63, 3.8) is 0 Å². The normalized spacial score (nSPS) is 15.9. The van der Waals surface area contributed by atoms with Gasteiger partial charge in [-0.2, -0.15) is 0 Å². The average Bonchev–Trinajstić information content (AvgIpc) is 3.08. The molecule has 1 fully saturated rings. The van der Waals surface area contributed by atoms with E-state index >= 15 is 0 Å². The third kappa shape index (κ3) is 3.30. The lowest BCUT2D eigenvalue weighted by Gasteiger charge is -2.20. The number of sulfone groups is 1. The Bertz CT molecular complexity index is 1100. The maximum Gasteiger partial charge on any atom is 0.209 e. The molecule has 2 aromatic carbocycles. The Morgan fingerprint density at radius 1 is 1.00 bits per heavy atom. The molecule has 1 saturated carbocycles. The van der Waals surface area contributed by atoms with Crippen LogP contribution in [0.3, 0.4) is 0 Å². The molecule has 4 rings (SSSR count). The lowest BCUT2D eigenvalue weighted by Crippen LogP contribution is -2.20. The molecule has 0 radical (unpaired) electrons. The van der Waals surface area contributed by atoms with Crippen molar-refractivity contribution in [1.29, 1.82) is 0 Å². The van der Waals surface area contributed by atoms with Crippen LogP contribution in [-0.2, 0) is 9.84 Å². The number of hydrogen-bond donors (Lipinski definition) is 1. The minimum atomic E-state index is -3.84. The fourth-order valence-corrected chi connectivity index (χ4v) is 5.69. The third-order valence-corrected chi connectivity index (χ3v) is 7.35. The first-order chi connectivity index (χ1) is 13.0. The van der Waals surface area contributed by atoms with Crippen LogP contribution in [0, 0.1) is 5.92 Å². The molecule has 0 unspecified atom stereocenters. The zero-order valence-corrected chi connectivity index (χ0v) is 16.3. The van der Waals surface area contributed by atoms with Gasteiger partial charge in [0.05, 0.1) is 4.90 Å². The van der Waals surface area contributed by atoms with E-state index in [4.69, 9.17) is 11.6 Å². The number of benzene rings is 2. The maximum absolute atomic E-state index is 13.4. The molecular weight excluding hydrogens is 382 g/mol. The molecule has 1 aromatic heterocycles. The molecule has 1 N–H and O–H groups in total. The van der Waals surface area contributed by atoms with Gasteiger partial charge in [-0.3, -0.25) is 4.79 Å². The van der Waals surface area contributed by atoms with E-state index in [1.54, 1.807) is 48.5 Å². The van der Waals surface area contributed by atoms with Gasteiger partial charge in [-0.1, -0.05) is 55.1 Å². The topological polar surface area (TPSA) is 67.0 Å². The Balaban J connectivity index is 1.93. The predicted octanol–water partition coefficient (Wildman–Crippen LogP) is 5.42. The highest BCUT2D eigenvalue weighted by atomic mass is 35.5. The standard InChI is InChI=1S/C21H20ClNO3S/c22-15-11-12-17-18(13-15)23-19(20(24)14-7-3-1-4-8-14)21(17)27(25,26)16-9-5-2-6-10-16/h2,5-6,9-14,23H,1,3-4,7-8H2. The predicted molar refractivity (Wildman–Crippen MR) is 106 cm³/mol. The van der Waals surface area contributed by atoms with E-state index in [1.807, 2.05) is 0 Å². The van der Waals surface area contributed by atoms with Crippen LogP contribution in [0.1, 0.15) is 42.6 Å². The fourth-order valence-electron chi connectivity index (χ4n) is 3.88. The van der Waals surface area contributed by atoms with Crippen LogP contribution in [0.2, 0.25) is 5.02 Å². The molecule has 4 nitrogen and oxygen atoms in total. The van der Waals surface area contributed by atoms with Crippen LogP contribution in [0.25, 0.3) is 10.9 Å². The molecule has 0 spiro atoms. The minimum absolute atomic E-state index is 0.0657. The Morgan fingerprint density at radius 3 is 2.41 bits per heavy atom. The first kappa shape index (κ1) is 18.3. The average molecular weight is 402 g/mol. The lowest BCUT2D eigenvalue weighted by molar-refractivity contribution is 0.0881. The number of carbonyl (C=O) groups excluding carboxylic acids is 1. The largest absolute Gasteiger partial charge is 0.351 e. The molecule has 0 atom stereocenters. The minimum Gasteiger partial charge on any atom is -0.351 e. The summed E-state index contributed by atoms with van der Waals surface area (Å²) in [5.74, 6) is -0.247. The van der Waals surface area contributed by atoms with E-state index < -0.39 is 9.84 Å². The quantitative estimate of drug-likeness (QED) is 0.593. The van der Waals surface area contributed by atoms with Gasteiger partial charge in [0.1, 0.15) is 10.6 Å². The summed E-state index contributed by atoms with van der Waals surface area (Å²) in [5.41, 5.74) is 0.749. The van der Waals surface area contributed by atoms with E-state index in [1.165, 1.54) is 0 Å². The number of hydrogen-bond acceptors (Lipinski definition) is 3. The van der Waals surface area contributed by atoms with Crippen LogP contribution in [0.5, 0.6) is 0 Å². The molecule has 1 heterocycles. The first-order valence-corrected chi connectivity index (χ1v) is 11.0. The number of aromatic nitrogens is 1. The molecule has 0 amide bonds. The SMILES string of the molecule is O=C(c1[nH]c2cc(Cl)ccc2c1S(=O)(=O)c1ccccc1)C1CCCCC1. The fraction of sp³-hybridized carbons (Fsp3) is 0.286. The number of fused-ring (bicyclic) bond motifs is 1. The Labute approximate surface area is 163 Å². The van der Waals surface area contributed by atoms with Gasteiger partial charge in [-0.15, -0.1) is 0 Å². The van der Waals surface area contributed by atoms with Crippen molar-refractivity contribution < 1.29 is 13.2 Å². The Kier molecular flexibility index (Phi) is 4.82. The van der Waals surface area contributed by atoms with E-state index in [0.717, 1.165) is 32.1 Å². The van der Waals surface area contributed by atoms with Crippen molar-refractivity contribution in [2.75, 3.05) is 0 Å². The monoisotopic (exact) mass is 401 g/mol. The van der Waals surface area contributed by atoms with Crippen LogP contribution < -0.4 is 0 Å². The summed E-state index contributed by atoms with van der Waals surface area (Å²) < 4.78 is 26.8. The molecule has 0 bridgehead atoms. The van der Waals surface area contributed by atoms with Gasteiger partial charge in [-0.25, -0.2) is 8.42 Å². The van der Waals surface area contributed by atoms with Gasteiger partial charge in [0, 0.05) is 21.8 Å². The van der Waals surface area contributed by atoms with Crippen molar-refractivity contribution in [1.82, 2.24) is 4.98 Å². The number of H-pyrrole nitrogens is 1. The summed E-state index contributed by atoms with van der Waals surface area (Å²) in [6, 6.07) is 13.2. The second-order valence-corrected chi connectivity index (χ2v) is 9.36. The number of aromatic amines is 1. The number of rotatable bonds is 4. The summed E-state index contributed by atoms with van der Waals surface area (Å²) in [7, 11) is -3.84. The second-order valence-electron chi connectivity index (χ2n) is 7.03. The Hall–Kier alpha value is -2.11. The summed E-state index contributed by atoms with van der Waals surface area (Å²) in [6.45, 7) is 0. The van der Waals surface area contributed by atoms with Gasteiger partial charge in [0.15, 0.2) is 5.78 Å². The number of halogens is 1. The van der Waals surface area contributed by atoms with Gasteiger partial charge < -0.3 is 4.98 Å². The zero-order valence-electron chi connectivity index (χ0n) is 14.7. The molecule has 0 aliphatic heterocycles. The zero-order chi connectivity index (χ0) is 19.0. The van der Waals surface area contributed by atoms with Crippen LogP contribution >= 0.6 is 11.6 Å². The smallest absolute Gasteiger partial charge is 0.209 e. The van der Waals surface area contributed by atoms with E-state index in [-0.39, 0.29) is 27.2 Å². The van der Waals surface area contributed by atoms with Crippen LogP contribution in [0.15, 0.2) is 58.3 Å². The molecule has 140 valence electrons. The molecule has 1 aliphatic carbocycles. The highest BCUT2D eigenvalue weighted by Crippen LogP contribution is 2.36. The maximum atomic E-state index is 13.4. The highest BCUT2D eigenvalue weighted by molar-refractivity contribution is 7.91. The van der Waals surface area contributed by atoms with Crippen molar-refractivity contribution in [2.45, 2.75) is 41.9 Å². The second kappa shape index (κ2) is 7.13. The number of Topliss-reactive ketones (excluding diaryl/α,β-unsaturated/α-hetero) is 1. The van der Waals surface area contributed by atoms with Gasteiger partial charge in [0.25, 0.3) is 0 Å². The first-order valence-electron chi connectivity index (χ1n) is 9.14. The highest BCUT2D eigenvalue weighted by Gasteiger charge is 2.33. The van der Waals surface area contributed by atoms with Crippen LogP contribution in [-0.4, -0.2) is 19.2 Å². The molecule has 1 aliphatic rings. The molecule has 27 heavy (non-hydrogen) atoms. The van der Waals surface area contributed by atoms with Crippen molar-refractivity contribution >= 4 is 38.1 Å². The van der Waals surface area contributed by atoms with E-state index in [0.29, 0.717) is 15.9 Å². The van der Waals surface area contributed by atoms with E-state index in [2.05, 4.69) is 4.98 Å². The molecule has 6 heteroatoms. The lowest BCUT2D eigenvalue weighted by atomic mass is 9.85. The summed E-state index contributed by atoms with van der Waals surface area (Å²) >= 11 is 6.09. The Morgan fingerprint density at radius 2 is 1.70 bits per heavy atom. The van der Waals surface area contributed by atoms with Crippen molar-refractivity contribution in [3.05, 3.63) is 59.2 Å². The van der Waals surface area contributed by atoms with Crippen LogP contribution in [0.4, 0.5) is 0 Å². The molecule has 3 aromatic rings. The summed E-state index contributed by atoms with van der Waals surface area (Å²) in [6.07, 6.45) is 4.74. The number of ketones is 1. The summed E-state index contributed by atoms with van der Waals surface area (Å²) in [4.78, 5) is 16.5. The van der Waals surface area contributed by atoms with Gasteiger partial charge >= 0.3 is 0 Å². The molecular formula is C21H20ClNO3S. The third-order valence-electron chi connectivity index (χ3n) is 5.26. The molecule has 0 saturated heterocycles. The number of carbonyl (C=O) groups is 1. The number of nitrogens with one attached hydrogen (secondary N) is 1. The van der Waals surface area contributed by atoms with Crippen molar-refractivity contribution in [3.8, 4) is 0 Å². The van der Waals surface area contributed by atoms with Crippen molar-refractivity contribution in [2.24, 2.45) is 5.92 Å². The van der Waals surface area contributed by atoms with Gasteiger partial charge in [0.2, 0.25) is 9.84 Å². The summed E-state index contributed by atoms with van der Waals surface area (Å²) in [5, 5.41) is 0.992. The van der Waals surface area contributed by atoms with Gasteiger partial charge in [-0.05, 0) is 37.1 Å². The van der Waals surface area contributed by atoms with E-state index in [9.17, 15) is 13.2 Å².